The highest BCUT2D eigenvalue weighted by Gasteiger charge is 2.38. The van der Waals surface area contributed by atoms with Crippen LogP contribution in [-0.4, -0.2) is 73.2 Å². The Labute approximate surface area is 228 Å². The van der Waals surface area contributed by atoms with Crippen molar-refractivity contribution in [3.63, 3.8) is 0 Å². The summed E-state index contributed by atoms with van der Waals surface area (Å²) in [6, 6.07) is 19.7. The summed E-state index contributed by atoms with van der Waals surface area (Å²) in [5, 5.41) is 15.9. The molecule has 2 atom stereocenters. The van der Waals surface area contributed by atoms with E-state index >= 15 is 0 Å². The Morgan fingerprint density at radius 2 is 1.48 bits per heavy atom. The van der Waals surface area contributed by atoms with Gasteiger partial charge >= 0.3 is 18.3 Å². The van der Waals surface area contributed by atoms with Crippen molar-refractivity contribution >= 4 is 11.9 Å². The molecule has 13 heteroatoms. The third-order valence-electron chi connectivity index (χ3n) is 6.28. The van der Waals surface area contributed by atoms with E-state index in [9.17, 15) is 26.3 Å². The van der Waals surface area contributed by atoms with Crippen molar-refractivity contribution in [3.8, 4) is 5.75 Å². The van der Waals surface area contributed by atoms with Gasteiger partial charge in [-0.1, -0.05) is 42.5 Å². The lowest BCUT2D eigenvalue weighted by molar-refractivity contribution is -0.933. The predicted molar refractivity (Wildman–Crippen MR) is 133 cm³/mol. The molecule has 3 N–H and O–H groups in total. The number of aryl methyl sites for hydroxylation is 1. The highest BCUT2D eigenvalue weighted by Crippen LogP contribution is 2.22. The number of hydrogen-bond acceptors (Lipinski definition) is 5. The topological polar surface area (TPSA) is 113 Å². The number of carboxylic acids is 2. The molecule has 2 aromatic carbocycles. The first-order chi connectivity index (χ1) is 18.6. The van der Waals surface area contributed by atoms with Gasteiger partial charge in [-0.3, -0.25) is 0 Å². The SMILES string of the molecule is COc1ccc(CCC[N+]2(CCc3ccccc3)CCCC(N)C2)cc1.O=C(O)C(F)(F)F.O=C([O-])C(F)(F)F. The molecule has 0 spiro atoms. The van der Waals surface area contributed by atoms with Gasteiger partial charge in [-0.15, -0.1) is 0 Å². The number of likely N-dealkylation sites (tertiary alicyclic amines) is 1. The number of benzene rings is 2. The smallest absolute Gasteiger partial charge is 0.490 e. The van der Waals surface area contributed by atoms with Gasteiger partial charge in [0.1, 0.15) is 11.7 Å². The average molecular weight is 581 g/mol. The molecule has 40 heavy (non-hydrogen) atoms. The number of alkyl halides is 6. The molecule has 0 aromatic heterocycles. The second kappa shape index (κ2) is 16.1. The summed E-state index contributed by atoms with van der Waals surface area (Å²) >= 11 is 0. The Morgan fingerprint density at radius 3 is 1.93 bits per heavy atom. The van der Waals surface area contributed by atoms with Crippen LogP contribution in [-0.2, 0) is 22.4 Å². The fraction of sp³-hybridized carbons (Fsp3) is 0.481. The largest absolute Gasteiger partial charge is 0.542 e. The van der Waals surface area contributed by atoms with Crippen LogP contribution in [0.15, 0.2) is 54.6 Å². The summed E-state index contributed by atoms with van der Waals surface area (Å²) in [4.78, 5) is 17.7. The van der Waals surface area contributed by atoms with Crippen LogP contribution in [0.2, 0.25) is 0 Å². The van der Waals surface area contributed by atoms with Gasteiger partial charge < -0.3 is 30.0 Å². The summed E-state index contributed by atoms with van der Waals surface area (Å²) < 4.78 is 69.7. The Balaban J connectivity index is 0.000000473. The zero-order valence-electron chi connectivity index (χ0n) is 22.0. The maximum Gasteiger partial charge on any atom is 0.490 e. The third-order valence-corrected chi connectivity index (χ3v) is 6.28. The standard InChI is InChI=1S/C23H33N2O.2C2HF3O2/c1-26-23-13-11-21(12-14-23)9-5-16-25(17-6-10-22(24)19-25)18-15-20-7-3-2-4-8-20;2*3-2(4,5)1(6)7/h2-4,7-8,11-14,22H,5-6,9-10,15-19,24H2,1H3;2*(H,6,7)/q+1;;/p-1. The van der Waals surface area contributed by atoms with E-state index in [1.54, 1.807) is 7.11 Å². The van der Waals surface area contributed by atoms with E-state index in [1.165, 1.54) is 54.5 Å². The molecule has 1 saturated heterocycles. The van der Waals surface area contributed by atoms with E-state index in [2.05, 4.69) is 54.6 Å². The minimum atomic E-state index is -5.19. The van der Waals surface area contributed by atoms with E-state index < -0.39 is 24.3 Å². The van der Waals surface area contributed by atoms with Crippen molar-refractivity contribution in [2.75, 3.05) is 33.3 Å². The molecule has 3 rings (SSSR count). The normalized spacial score (nSPS) is 18.9. The highest BCUT2D eigenvalue weighted by atomic mass is 19.4. The molecular formula is C27H34F6N2O5. The Bertz CT molecular complexity index is 1010. The van der Waals surface area contributed by atoms with E-state index in [4.69, 9.17) is 30.3 Å². The number of halogens is 6. The Hall–Kier alpha value is -3.32. The first-order valence-corrected chi connectivity index (χ1v) is 12.4. The van der Waals surface area contributed by atoms with Crippen molar-refractivity contribution in [2.24, 2.45) is 5.73 Å². The van der Waals surface area contributed by atoms with Gasteiger partial charge in [-0.05, 0) is 42.5 Å². The van der Waals surface area contributed by atoms with Crippen molar-refractivity contribution in [3.05, 3.63) is 65.7 Å². The number of methoxy groups -OCH3 is 1. The van der Waals surface area contributed by atoms with Crippen LogP contribution in [0.5, 0.6) is 5.75 Å². The number of aliphatic carboxylic acids is 2. The summed E-state index contributed by atoms with van der Waals surface area (Å²) in [5.41, 5.74) is 9.20. The third kappa shape index (κ3) is 13.7. The molecule has 7 nitrogen and oxygen atoms in total. The second-order valence-electron chi connectivity index (χ2n) is 9.37. The first kappa shape index (κ1) is 34.7. The number of piperidine rings is 1. The maximum absolute atomic E-state index is 10.6. The number of ether oxygens (including phenoxy) is 1. The molecule has 1 fully saturated rings. The van der Waals surface area contributed by atoms with Gasteiger partial charge in [0.25, 0.3) is 0 Å². The fourth-order valence-corrected chi connectivity index (χ4v) is 4.31. The Kier molecular flexibility index (Phi) is 13.9. The minimum absolute atomic E-state index is 0.362. The zero-order chi connectivity index (χ0) is 30.4. The molecule has 0 aliphatic carbocycles. The predicted octanol–water partition coefficient (Wildman–Crippen LogP) is 3.74. The van der Waals surface area contributed by atoms with Gasteiger partial charge in [0.05, 0.1) is 39.3 Å². The first-order valence-electron chi connectivity index (χ1n) is 12.4. The lowest BCUT2D eigenvalue weighted by Gasteiger charge is -2.44. The number of hydrogen-bond donors (Lipinski definition) is 2. The quantitative estimate of drug-likeness (QED) is 0.364. The molecule has 1 aliphatic rings. The molecule has 0 saturated carbocycles. The summed E-state index contributed by atoms with van der Waals surface area (Å²) in [5.74, 6) is -4.83. The van der Waals surface area contributed by atoms with Gasteiger partial charge in [0, 0.05) is 12.8 Å². The molecule has 224 valence electrons. The van der Waals surface area contributed by atoms with Crippen LogP contribution < -0.4 is 15.6 Å². The van der Waals surface area contributed by atoms with Gasteiger partial charge in [0.15, 0.2) is 0 Å². The summed E-state index contributed by atoms with van der Waals surface area (Å²) in [7, 11) is 1.72. The molecule has 0 amide bonds. The summed E-state index contributed by atoms with van der Waals surface area (Å²) in [6.45, 7) is 4.85. The van der Waals surface area contributed by atoms with Crippen LogP contribution in [0.1, 0.15) is 30.4 Å². The monoisotopic (exact) mass is 580 g/mol. The van der Waals surface area contributed by atoms with Crippen LogP contribution in [0.25, 0.3) is 0 Å². The van der Waals surface area contributed by atoms with Crippen LogP contribution >= 0.6 is 0 Å². The van der Waals surface area contributed by atoms with Gasteiger partial charge in [-0.2, -0.15) is 26.3 Å². The number of carboxylic acid groups (broad SMARTS) is 2. The maximum atomic E-state index is 10.6. The number of nitrogens with two attached hydrogens (primary N) is 1. The molecule has 0 radical (unpaired) electrons. The van der Waals surface area contributed by atoms with Crippen LogP contribution in [0.4, 0.5) is 26.3 Å². The summed E-state index contributed by atoms with van der Waals surface area (Å²) in [6.07, 6.45) is -4.34. The van der Waals surface area contributed by atoms with Crippen LogP contribution in [0, 0.1) is 0 Å². The van der Waals surface area contributed by atoms with Crippen molar-refractivity contribution < 1.29 is 55.4 Å². The van der Waals surface area contributed by atoms with Gasteiger partial charge in [-0.25, -0.2) is 4.79 Å². The number of carbonyl (C=O) groups is 2. The van der Waals surface area contributed by atoms with Gasteiger partial charge in [0.2, 0.25) is 0 Å². The lowest BCUT2D eigenvalue weighted by Crippen LogP contribution is -2.59. The molecule has 2 aromatic rings. The molecule has 1 aliphatic heterocycles. The van der Waals surface area contributed by atoms with E-state index in [1.807, 2.05) is 0 Å². The van der Waals surface area contributed by atoms with Crippen molar-refractivity contribution in [2.45, 2.75) is 50.5 Å². The van der Waals surface area contributed by atoms with Crippen LogP contribution in [0.3, 0.4) is 0 Å². The lowest BCUT2D eigenvalue weighted by atomic mass is 10.00. The van der Waals surface area contributed by atoms with E-state index in [0.717, 1.165) is 25.1 Å². The Morgan fingerprint density at radius 1 is 0.950 bits per heavy atom. The average Bonchev–Trinajstić information content (AvgIpc) is 2.88. The molecule has 0 bridgehead atoms. The van der Waals surface area contributed by atoms with Crippen molar-refractivity contribution in [1.29, 1.82) is 0 Å². The number of carbonyl (C=O) groups excluding carboxylic acids is 1. The number of nitrogens with zero attached hydrogens (tertiary/aromatic N) is 1. The molecular weight excluding hydrogens is 546 g/mol. The zero-order valence-corrected chi connectivity index (χ0v) is 22.0. The van der Waals surface area contributed by atoms with E-state index in [0.29, 0.717) is 6.04 Å². The number of rotatable bonds is 8. The van der Waals surface area contributed by atoms with Crippen molar-refractivity contribution in [1.82, 2.24) is 0 Å². The molecule has 2 unspecified atom stereocenters. The highest BCUT2D eigenvalue weighted by molar-refractivity contribution is 5.73. The molecule has 1 heterocycles. The van der Waals surface area contributed by atoms with E-state index in [-0.39, 0.29) is 0 Å². The number of quaternary nitrogens is 1. The minimum Gasteiger partial charge on any atom is -0.542 e. The fourth-order valence-electron chi connectivity index (χ4n) is 4.31. The second-order valence-corrected chi connectivity index (χ2v) is 9.37.